The van der Waals surface area contributed by atoms with Crippen LogP contribution in [0.25, 0.3) is 0 Å². The molecule has 0 atom stereocenters. The maximum Gasteiger partial charge on any atom is 0.343 e. The lowest BCUT2D eigenvalue weighted by Gasteiger charge is -2.17. The van der Waals surface area contributed by atoms with Gasteiger partial charge in [0.25, 0.3) is 5.91 Å². The van der Waals surface area contributed by atoms with Gasteiger partial charge in [-0.15, -0.1) is 0 Å². The van der Waals surface area contributed by atoms with Gasteiger partial charge in [-0.05, 0) is 36.5 Å². The van der Waals surface area contributed by atoms with E-state index in [9.17, 15) is 9.59 Å². The Balaban J connectivity index is 1.66. The summed E-state index contributed by atoms with van der Waals surface area (Å²) in [5.74, 6) is -0.739. The number of benzene rings is 1. The highest BCUT2D eigenvalue weighted by molar-refractivity contribution is 7.10. The molecule has 1 aromatic carbocycles. The molecule has 1 amide bonds. The van der Waals surface area contributed by atoms with Gasteiger partial charge < -0.3 is 15.0 Å². The van der Waals surface area contributed by atoms with Gasteiger partial charge in [-0.3, -0.25) is 4.79 Å². The summed E-state index contributed by atoms with van der Waals surface area (Å²) < 4.78 is 9.32. The molecule has 0 fully saturated rings. The summed E-state index contributed by atoms with van der Waals surface area (Å²) in [6.45, 7) is 2.09. The lowest BCUT2D eigenvalue weighted by molar-refractivity contribution is -0.121. The van der Waals surface area contributed by atoms with Gasteiger partial charge >= 0.3 is 5.97 Å². The monoisotopic (exact) mass is 331 g/mol. The molecule has 6 nitrogen and oxygen atoms in total. The summed E-state index contributed by atoms with van der Waals surface area (Å²) in [6, 6.07) is 7.77. The van der Waals surface area contributed by atoms with Gasteiger partial charge in [0, 0.05) is 19.3 Å². The average Bonchev–Trinajstić information content (AvgIpc) is 3.15. The largest absolute Gasteiger partial charge is 0.452 e. The standard InChI is InChI=1S/C16H17N3O3S/c1-10-14(15(17-2)23-18-10)16(21)22-9-13(20)19-8-7-11-5-3-4-6-12(11)19/h3-6,17H,7-9H2,1-2H3. The van der Waals surface area contributed by atoms with Gasteiger partial charge in [0.15, 0.2) is 6.61 Å². The zero-order chi connectivity index (χ0) is 16.4. The normalized spacial score (nSPS) is 12.9. The summed E-state index contributed by atoms with van der Waals surface area (Å²) in [4.78, 5) is 26.2. The van der Waals surface area contributed by atoms with Crippen LogP contribution in [0.1, 0.15) is 21.6 Å². The van der Waals surface area contributed by atoms with Crippen LogP contribution in [0.15, 0.2) is 24.3 Å². The number of carbonyl (C=O) groups is 2. The van der Waals surface area contributed by atoms with Gasteiger partial charge in [-0.1, -0.05) is 18.2 Å². The summed E-state index contributed by atoms with van der Waals surface area (Å²) >= 11 is 1.20. The van der Waals surface area contributed by atoms with Crippen molar-refractivity contribution in [3.63, 3.8) is 0 Å². The van der Waals surface area contributed by atoms with Crippen LogP contribution in [0.5, 0.6) is 0 Å². The minimum atomic E-state index is -0.526. The van der Waals surface area contributed by atoms with Crippen molar-refractivity contribution in [3.05, 3.63) is 41.1 Å². The number of ether oxygens (including phenoxy) is 1. The van der Waals surface area contributed by atoms with Crippen LogP contribution in [0, 0.1) is 6.92 Å². The highest BCUT2D eigenvalue weighted by Gasteiger charge is 2.26. The molecule has 0 spiro atoms. The van der Waals surface area contributed by atoms with Crippen molar-refractivity contribution < 1.29 is 14.3 Å². The molecule has 0 bridgehead atoms. The average molecular weight is 331 g/mol. The van der Waals surface area contributed by atoms with Crippen LogP contribution in [0.4, 0.5) is 10.7 Å². The molecular formula is C16H17N3O3S. The molecule has 2 aromatic rings. The second-order valence-corrected chi connectivity index (χ2v) is 6.00. The molecule has 0 aliphatic carbocycles. The lowest BCUT2D eigenvalue weighted by Crippen LogP contribution is -2.33. The molecule has 23 heavy (non-hydrogen) atoms. The summed E-state index contributed by atoms with van der Waals surface area (Å²) in [5, 5.41) is 3.56. The van der Waals surface area contributed by atoms with Crippen LogP contribution < -0.4 is 10.2 Å². The van der Waals surface area contributed by atoms with Crippen LogP contribution in [-0.2, 0) is 16.0 Å². The molecule has 0 saturated heterocycles. The topological polar surface area (TPSA) is 71.5 Å². The number of amides is 1. The first-order valence-electron chi connectivity index (χ1n) is 7.31. The number of fused-ring (bicyclic) bond motifs is 1. The Bertz CT molecular complexity index is 757. The number of aromatic nitrogens is 1. The number of aryl methyl sites for hydroxylation is 1. The number of esters is 1. The van der Waals surface area contributed by atoms with Crippen LogP contribution in [-0.4, -0.2) is 36.4 Å². The second kappa shape index (κ2) is 6.37. The molecule has 1 N–H and O–H groups in total. The molecule has 7 heteroatoms. The Morgan fingerprint density at radius 3 is 2.96 bits per heavy atom. The predicted molar refractivity (Wildman–Crippen MR) is 89.2 cm³/mol. The molecule has 3 rings (SSSR count). The number of para-hydroxylation sites is 1. The molecule has 120 valence electrons. The van der Waals surface area contributed by atoms with Crippen molar-refractivity contribution in [1.29, 1.82) is 0 Å². The molecule has 1 aliphatic rings. The highest BCUT2D eigenvalue weighted by Crippen LogP contribution is 2.28. The maximum atomic E-state index is 12.3. The number of nitrogens with one attached hydrogen (secondary N) is 1. The second-order valence-electron chi connectivity index (χ2n) is 5.22. The fourth-order valence-corrected chi connectivity index (χ4v) is 3.39. The van der Waals surface area contributed by atoms with Gasteiger partial charge in [0.05, 0.1) is 5.69 Å². The minimum absolute atomic E-state index is 0.213. The summed E-state index contributed by atoms with van der Waals surface area (Å²) in [7, 11) is 1.72. The van der Waals surface area contributed by atoms with E-state index in [2.05, 4.69) is 9.69 Å². The minimum Gasteiger partial charge on any atom is -0.452 e. The Morgan fingerprint density at radius 1 is 1.39 bits per heavy atom. The number of hydrogen-bond acceptors (Lipinski definition) is 6. The number of carbonyl (C=O) groups excluding carboxylic acids is 2. The lowest BCUT2D eigenvalue weighted by atomic mass is 10.2. The Labute approximate surface area is 138 Å². The van der Waals surface area contributed by atoms with E-state index in [1.165, 1.54) is 11.5 Å². The number of nitrogens with zero attached hydrogens (tertiary/aromatic N) is 2. The first kappa shape index (κ1) is 15.5. The van der Waals surface area contributed by atoms with E-state index in [-0.39, 0.29) is 12.5 Å². The van der Waals surface area contributed by atoms with E-state index in [4.69, 9.17) is 4.74 Å². The molecular weight excluding hydrogens is 314 g/mol. The third-order valence-electron chi connectivity index (χ3n) is 3.81. The third kappa shape index (κ3) is 2.92. The van der Waals surface area contributed by atoms with Crippen molar-refractivity contribution in [1.82, 2.24) is 4.37 Å². The SMILES string of the molecule is CNc1snc(C)c1C(=O)OCC(=O)N1CCc2ccccc21. The summed E-state index contributed by atoms with van der Waals surface area (Å²) in [6.07, 6.45) is 0.827. The van der Waals surface area contributed by atoms with Gasteiger partial charge in [-0.25, -0.2) is 4.79 Å². The maximum absolute atomic E-state index is 12.3. The van der Waals surface area contributed by atoms with Gasteiger partial charge in [0.2, 0.25) is 0 Å². The van der Waals surface area contributed by atoms with E-state index >= 15 is 0 Å². The predicted octanol–water partition coefficient (Wildman–Crippen LogP) is 2.24. The summed E-state index contributed by atoms with van der Waals surface area (Å²) in [5.41, 5.74) is 3.04. The van der Waals surface area contributed by atoms with Crippen molar-refractivity contribution >= 4 is 34.1 Å². The zero-order valence-corrected chi connectivity index (χ0v) is 13.8. The molecule has 0 radical (unpaired) electrons. The first-order valence-corrected chi connectivity index (χ1v) is 8.08. The highest BCUT2D eigenvalue weighted by atomic mass is 32.1. The fourth-order valence-electron chi connectivity index (χ4n) is 2.66. The van der Waals surface area contributed by atoms with Crippen molar-refractivity contribution in [2.45, 2.75) is 13.3 Å². The van der Waals surface area contributed by atoms with Crippen molar-refractivity contribution in [2.75, 3.05) is 30.4 Å². The molecule has 2 heterocycles. The first-order chi connectivity index (χ1) is 11.1. The van der Waals surface area contributed by atoms with Crippen LogP contribution in [0.2, 0.25) is 0 Å². The zero-order valence-electron chi connectivity index (χ0n) is 13.0. The van der Waals surface area contributed by atoms with Gasteiger partial charge in [-0.2, -0.15) is 4.37 Å². The van der Waals surface area contributed by atoms with E-state index in [0.717, 1.165) is 17.7 Å². The third-order valence-corrected chi connectivity index (χ3v) is 4.76. The van der Waals surface area contributed by atoms with Crippen molar-refractivity contribution in [3.8, 4) is 0 Å². The number of hydrogen-bond donors (Lipinski definition) is 1. The van der Waals surface area contributed by atoms with E-state index < -0.39 is 5.97 Å². The fraction of sp³-hybridized carbons (Fsp3) is 0.312. The Kier molecular flexibility index (Phi) is 4.29. The van der Waals surface area contributed by atoms with E-state index in [1.54, 1.807) is 18.9 Å². The Hall–Kier alpha value is -2.41. The van der Waals surface area contributed by atoms with E-state index in [1.807, 2.05) is 24.3 Å². The molecule has 1 aliphatic heterocycles. The molecule has 1 aromatic heterocycles. The molecule has 0 unspecified atom stereocenters. The van der Waals surface area contributed by atoms with E-state index in [0.29, 0.717) is 22.8 Å². The van der Waals surface area contributed by atoms with Crippen LogP contribution >= 0.6 is 11.5 Å². The van der Waals surface area contributed by atoms with Crippen LogP contribution in [0.3, 0.4) is 0 Å². The van der Waals surface area contributed by atoms with Crippen molar-refractivity contribution in [2.24, 2.45) is 0 Å². The smallest absolute Gasteiger partial charge is 0.343 e. The number of anilines is 2. The van der Waals surface area contributed by atoms with Gasteiger partial charge in [0.1, 0.15) is 10.6 Å². The number of rotatable bonds is 4. The quantitative estimate of drug-likeness (QED) is 0.870. The Morgan fingerprint density at radius 2 is 2.17 bits per heavy atom. The molecule has 0 saturated carbocycles.